The summed E-state index contributed by atoms with van der Waals surface area (Å²) >= 11 is 0. The minimum atomic E-state index is 0.322. The average Bonchev–Trinajstić information content (AvgIpc) is 2.39. The van der Waals surface area contributed by atoms with E-state index in [1.54, 1.807) is 0 Å². The zero-order valence-electron chi connectivity index (χ0n) is 11.5. The van der Waals surface area contributed by atoms with Crippen molar-refractivity contribution in [3.8, 4) is 5.88 Å². The molecule has 2 unspecified atom stereocenters. The van der Waals surface area contributed by atoms with Crippen molar-refractivity contribution in [2.45, 2.75) is 58.6 Å². The molecule has 1 aromatic rings. The van der Waals surface area contributed by atoms with Crippen LogP contribution in [0.4, 0.5) is 0 Å². The number of ether oxygens (including phenoxy) is 1. The van der Waals surface area contributed by atoms with E-state index >= 15 is 0 Å². The van der Waals surface area contributed by atoms with Crippen molar-refractivity contribution < 1.29 is 4.74 Å². The fourth-order valence-corrected chi connectivity index (χ4v) is 2.70. The molecule has 2 rings (SSSR count). The number of hydrogen-bond donors (Lipinski definition) is 1. The summed E-state index contributed by atoms with van der Waals surface area (Å²) in [5, 5.41) is 0. The van der Waals surface area contributed by atoms with Gasteiger partial charge in [-0.1, -0.05) is 25.8 Å². The number of pyridine rings is 1. The summed E-state index contributed by atoms with van der Waals surface area (Å²) in [6.45, 7) is 4.75. The lowest BCUT2D eigenvalue weighted by Crippen LogP contribution is -2.26. The predicted molar refractivity (Wildman–Crippen MR) is 73.5 cm³/mol. The fraction of sp³-hybridized carbons (Fsp3) is 0.667. The third-order valence-corrected chi connectivity index (χ3v) is 3.89. The molecule has 0 radical (unpaired) electrons. The van der Waals surface area contributed by atoms with Crippen LogP contribution in [0, 0.1) is 12.8 Å². The van der Waals surface area contributed by atoms with Gasteiger partial charge in [-0.3, -0.25) is 0 Å². The van der Waals surface area contributed by atoms with Crippen molar-refractivity contribution in [3.05, 3.63) is 23.4 Å². The first kappa shape index (κ1) is 13.3. The Morgan fingerprint density at radius 3 is 2.94 bits per heavy atom. The van der Waals surface area contributed by atoms with Crippen LogP contribution in [0.1, 0.15) is 50.3 Å². The highest BCUT2D eigenvalue weighted by atomic mass is 16.5. The average molecular weight is 248 g/mol. The molecule has 0 aromatic carbocycles. The minimum absolute atomic E-state index is 0.322. The quantitative estimate of drug-likeness (QED) is 0.890. The molecule has 2 N–H and O–H groups in total. The van der Waals surface area contributed by atoms with Crippen LogP contribution in [0.15, 0.2) is 12.1 Å². The van der Waals surface area contributed by atoms with Gasteiger partial charge in [-0.05, 0) is 38.2 Å². The molecule has 1 aliphatic rings. The van der Waals surface area contributed by atoms with Crippen LogP contribution in [0.5, 0.6) is 5.88 Å². The molecule has 0 spiro atoms. The molecule has 1 fully saturated rings. The second-order valence-electron chi connectivity index (χ2n) is 5.30. The number of aryl methyl sites for hydroxylation is 1. The van der Waals surface area contributed by atoms with E-state index in [0.717, 1.165) is 35.9 Å². The van der Waals surface area contributed by atoms with Gasteiger partial charge in [0.25, 0.3) is 0 Å². The fourth-order valence-electron chi connectivity index (χ4n) is 2.70. The topological polar surface area (TPSA) is 48.1 Å². The smallest absolute Gasteiger partial charge is 0.218 e. The summed E-state index contributed by atoms with van der Waals surface area (Å²) in [5.74, 6) is 1.56. The summed E-state index contributed by atoms with van der Waals surface area (Å²) in [4.78, 5) is 4.49. The van der Waals surface area contributed by atoms with Crippen LogP contribution < -0.4 is 10.5 Å². The summed E-state index contributed by atoms with van der Waals surface area (Å²) in [5.41, 5.74) is 7.74. The number of hydrogen-bond acceptors (Lipinski definition) is 3. The maximum Gasteiger partial charge on any atom is 0.218 e. The molecule has 0 bridgehead atoms. The minimum Gasteiger partial charge on any atom is -0.474 e. The van der Waals surface area contributed by atoms with Gasteiger partial charge in [0.05, 0.1) is 0 Å². The van der Waals surface area contributed by atoms with E-state index in [0.29, 0.717) is 12.6 Å². The van der Waals surface area contributed by atoms with Gasteiger partial charge < -0.3 is 10.5 Å². The van der Waals surface area contributed by atoms with E-state index in [4.69, 9.17) is 10.5 Å². The molecule has 1 aromatic heterocycles. The first-order valence-corrected chi connectivity index (χ1v) is 7.06. The van der Waals surface area contributed by atoms with Crippen molar-refractivity contribution in [1.29, 1.82) is 0 Å². The van der Waals surface area contributed by atoms with Crippen molar-refractivity contribution in [3.63, 3.8) is 0 Å². The Kier molecular flexibility index (Phi) is 4.59. The second-order valence-corrected chi connectivity index (χ2v) is 5.30. The number of nitrogens with zero attached hydrogens (tertiary/aromatic N) is 1. The van der Waals surface area contributed by atoms with Gasteiger partial charge in [-0.15, -0.1) is 0 Å². The molecule has 1 aliphatic carbocycles. The second kappa shape index (κ2) is 6.19. The molecule has 0 saturated heterocycles. The van der Waals surface area contributed by atoms with Crippen LogP contribution in [-0.4, -0.2) is 11.1 Å². The van der Waals surface area contributed by atoms with Crippen LogP contribution in [0.3, 0.4) is 0 Å². The van der Waals surface area contributed by atoms with Crippen molar-refractivity contribution >= 4 is 0 Å². The highest BCUT2D eigenvalue weighted by molar-refractivity contribution is 5.28. The molecular formula is C15H24N2O. The molecule has 0 amide bonds. The molecule has 3 nitrogen and oxygen atoms in total. The third-order valence-electron chi connectivity index (χ3n) is 3.89. The van der Waals surface area contributed by atoms with Gasteiger partial charge in [0, 0.05) is 17.8 Å². The molecule has 2 atom stereocenters. The van der Waals surface area contributed by atoms with Gasteiger partial charge in [0.2, 0.25) is 5.88 Å². The Morgan fingerprint density at radius 1 is 1.39 bits per heavy atom. The molecule has 18 heavy (non-hydrogen) atoms. The van der Waals surface area contributed by atoms with E-state index in [9.17, 15) is 0 Å². The largest absolute Gasteiger partial charge is 0.474 e. The van der Waals surface area contributed by atoms with E-state index in [-0.39, 0.29) is 0 Å². The molecular weight excluding hydrogens is 224 g/mol. The highest BCUT2D eigenvalue weighted by Gasteiger charge is 2.23. The SMILES string of the molecule is CCC1CCCC(Oc2nc(C)ccc2CN)C1. The van der Waals surface area contributed by atoms with Crippen molar-refractivity contribution in [1.82, 2.24) is 4.98 Å². The third kappa shape index (κ3) is 3.22. The maximum absolute atomic E-state index is 6.10. The highest BCUT2D eigenvalue weighted by Crippen LogP contribution is 2.30. The zero-order chi connectivity index (χ0) is 13.0. The van der Waals surface area contributed by atoms with Crippen LogP contribution in [0.2, 0.25) is 0 Å². The van der Waals surface area contributed by atoms with Crippen molar-refractivity contribution in [2.75, 3.05) is 0 Å². The van der Waals surface area contributed by atoms with Crippen LogP contribution >= 0.6 is 0 Å². The molecule has 100 valence electrons. The predicted octanol–water partition coefficient (Wildman–Crippen LogP) is 3.20. The lowest BCUT2D eigenvalue weighted by atomic mass is 9.85. The van der Waals surface area contributed by atoms with E-state index in [2.05, 4.69) is 11.9 Å². The number of rotatable bonds is 4. The van der Waals surface area contributed by atoms with Gasteiger partial charge in [0.15, 0.2) is 0 Å². The number of aromatic nitrogens is 1. The van der Waals surface area contributed by atoms with Crippen LogP contribution in [0.25, 0.3) is 0 Å². The van der Waals surface area contributed by atoms with Gasteiger partial charge >= 0.3 is 0 Å². The Labute approximate surface area is 110 Å². The first-order chi connectivity index (χ1) is 8.72. The first-order valence-electron chi connectivity index (χ1n) is 7.06. The monoisotopic (exact) mass is 248 g/mol. The van der Waals surface area contributed by atoms with E-state index < -0.39 is 0 Å². The Bertz CT molecular complexity index is 392. The Balaban J connectivity index is 2.06. The maximum atomic E-state index is 6.10. The Morgan fingerprint density at radius 2 is 2.22 bits per heavy atom. The van der Waals surface area contributed by atoms with E-state index in [1.807, 2.05) is 19.1 Å². The summed E-state index contributed by atoms with van der Waals surface area (Å²) in [6.07, 6.45) is 6.51. The lowest BCUT2D eigenvalue weighted by molar-refractivity contribution is 0.116. The standard InChI is InChI=1S/C15H24N2O/c1-3-12-5-4-6-14(9-12)18-15-13(10-16)8-7-11(2)17-15/h7-8,12,14H,3-6,9-10,16H2,1-2H3. The van der Waals surface area contributed by atoms with Gasteiger partial charge in [-0.25, -0.2) is 4.98 Å². The Hall–Kier alpha value is -1.09. The van der Waals surface area contributed by atoms with Gasteiger partial charge in [-0.2, -0.15) is 0 Å². The summed E-state index contributed by atoms with van der Waals surface area (Å²) < 4.78 is 6.10. The lowest BCUT2D eigenvalue weighted by Gasteiger charge is -2.29. The normalized spacial score (nSPS) is 23.9. The zero-order valence-corrected chi connectivity index (χ0v) is 11.5. The molecule has 3 heteroatoms. The molecule has 1 heterocycles. The summed E-state index contributed by atoms with van der Waals surface area (Å²) in [7, 11) is 0. The summed E-state index contributed by atoms with van der Waals surface area (Å²) in [6, 6.07) is 4.02. The number of nitrogens with two attached hydrogens (primary N) is 1. The molecule has 1 saturated carbocycles. The van der Waals surface area contributed by atoms with Crippen molar-refractivity contribution in [2.24, 2.45) is 11.7 Å². The van der Waals surface area contributed by atoms with Crippen LogP contribution in [-0.2, 0) is 6.54 Å². The van der Waals surface area contributed by atoms with Gasteiger partial charge in [0.1, 0.15) is 6.10 Å². The van der Waals surface area contributed by atoms with E-state index in [1.165, 1.54) is 19.3 Å². The molecule has 0 aliphatic heterocycles.